The fourth-order valence-electron chi connectivity index (χ4n) is 2.26. The molecule has 0 aliphatic carbocycles. The first-order valence-corrected chi connectivity index (χ1v) is 7.00. The average molecular weight is 308 g/mol. The molecule has 1 aliphatic heterocycles. The topological polar surface area (TPSA) is 88.1 Å². The smallest absolute Gasteiger partial charge is 0.410 e. The van der Waals surface area contributed by atoms with E-state index in [0.717, 1.165) is 5.56 Å². The zero-order valence-electron chi connectivity index (χ0n) is 12.4. The summed E-state index contributed by atoms with van der Waals surface area (Å²) in [7, 11) is 1.54. The Hall–Kier alpha value is -2.12. The van der Waals surface area contributed by atoms with E-state index < -0.39 is 17.6 Å². The first-order chi connectivity index (χ1) is 10.6. The number of hydrogen-bond donors (Lipinski definition) is 2. The van der Waals surface area contributed by atoms with Crippen LogP contribution in [0.25, 0.3) is 0 Å². The molecule has 1 amide bonds. The number of carbonyl (C=O) groups is 2. The number of nitrogens with zero attached hydrogens (tertiary/aromatic N) is 1. The third-order valence-electron chi connectivity index (χ3n) is 3.56. The van der Waals surface area contributed by atoms with Crippen molar-refractivity contribution in [1.29, 1.82) is 0 Å². The Morgan fingerprint density at radius 3 is 2.59 bits per heavy atom. The molecular weight excluding hydrogens is 288 g/mol. The second-order valence-corrected chi connectivity index (χ2v) is 5.20. The summed E-state index contributed by atoms with van der Waals surface area (Å²) in [6, 6.07) is 9.33. The fraction of sp³-hybridized carbons (Fsp3) is 0.467. The minimum Gasteiger partial charge on any atom is -0.480 e. The van der Waals surface area contributed by atoms with Gasteiger partial charge in [-0.2, -0.15) is 0 Å². The highest BCUT2D eigenvalue weighted by Gasteiger charge is 2.51. The molecule has 0 aromatic heterocycles. The first kappa shape index (κ1) is 16.3. The molecular formula is C15H20N2O5. The molecule has 1 saturated heterocycles. The molecule has 2 rings (SSSR count). The number of carboxylic acid groups (broad SMARTS) is 1. The number of rotatable bonds is 7. The lowest BCUT2D eigenvalue weighted by molar-refractivity contribution is -0.151. The van der Waals surface area contributed by atoms with Crippen LogP contribution in [0.4, 0.5) is 4.79 Å². The highest BCUT2D eigenvalue weighted by Crippen LogP contribution is 2.22. The lowest BCUT2D eigenvalue weighted by atomic mass is 9.90. The van der Waals surface area contributed by atoms with Crippen LogP contribution in [0.2, 0.25) is 0 Å². The van der Waals surface area contributed by atoms with E-state index in [2.05, 4.69) is 5.32 Å². The molecule has 2 N–H and O–H groups in total. The molecule has 0 saturated carbocycles. The molecule has 7 heteroatoms. The Bertz CT molecular complexity index is 514. The first-order valence-electron chi connectivity index (χ1n) is 7.00. The van der Waals surface area contributed by atoms with Crippen molar-refractivity contribution in [3.63, 3.8) is 0 Å². The molecule has 0 unspecified atom stereocenters. The summed E-state index contributed by atoms with van der Waals surface area (Å²) in [5.41, 5.74) is -0.219. The zero-order chi connectivity index (χ0) is 16.0. The second kappa shape index (κ2) is 7.24. The molecule has 120 valence electrons. The summed E-state index contributed by atoms with van der Waals surface area (Å²) in [6.45, 7) is 1.16. The minimum atomic E-state index is -1.11. The number of carboxylic acids is 1. The Labute approximate surface area is 128 Å². The van der Waals surface area contributed by atoms with Crippen molar-refractivity contribution in [2.24, 2.45) is 0 Å². The summed E-state index contributed by atoms with van der Waals surface area (Å²) in [4.78, 5) is 24.6. The normalized spacial score (nSPS) is 16.0. The Morgan fingerprint density at radius 2 is 2.00 bits per heavy atom. The van der Waals surface area contributed by atoms with Crippen LogP contribution in [0.5, 0.6) is 0 Å². The van der Waals surface area contributed by atoms with E-state index in [1.807, 2.05) is 30.3 Å². The van der Waals surface area contributed by atoms with Gasteiger partial charge in [0.15, 0.2) is 5.54 Å². The maximum Gasteiger partial charge on any atom is 0.410 e. The number of ether oxygens (including phenoxy) is 2. The number of benzene rings is 1. The van der Waals surface area contributed by atoms with Gasteiger partial charge in [0, 0.05) is 13.7 Å². The molecule has 0 radical (unpaired) electrons. The van der Waals surface area contributed by atoms with Crippen molar-refractivity contribution in [3.8, 4) is 0 Å². The van der Waals surface area contributed by atoms with Gasteiger partial charge in [0.25, 0.3) is 0 Å². The fourth-order valence-corrected chi connectivity index (χ4v) is 2.26. The lowest BCUT2D eigenvalue weighted by Crippen LogP contribution is -2.74. The van der Waals surface area contributed by atoms with Gasteiger partial charge >= 0.3 is 12.1 Å². The van der Waals surface area contributed by atoms with E-state index in [0.29, 0.717) is 13.2 Å². The van der Waals surface area contributed by atoms with Crippen LogP contribution in [0.15, 0.2) is 30.3 Å². The molecule has 0 bridgehead atoms. The van der Waals surface area contributed by atoms with Crippen molar-refractivity contribution >= 4 is 12.1 Å². The molecule has 22 heavy (non-hydrogen) atoms. The standard InChI is InChI=1S/C15H20N2O5/c1-21-8-7-16-15(13(18)19)10-17(11-15)14(20)22-9-12-5-3-2-4-6-12/h2-6,16H,7-11H2,1H3,(H,18,19). The van der Waals surface area contributed by atoms with Crippen molar-refractivity contribution in [2.45, 2.75) is 12.1 Å². The summed E-state index contributed by atoms with van der Waals surface area (Å²) in [6.07, 6.45) is -0.505. The van der Waals surface area contributed by atoms with Gasteiger partial charge in [-0.1, -0.05) is 30.3 Å². The Balaban J connectivity index is 1.80. The summed E-state index contributed by atoms with van der Waals surface area (Å²) in [5.74, 6) is -0.976. The predicted octanol–water partition coefficient (Wildman–Crippen LogP) is 0.698. The number of hydrogen-bond acceptors (Lipinski definition) is 5. The van der Waals surface area contributed by atoms with Gasteiger partial charge in [-0.05, 0) is 5.56 Å². The third-order valence-corrected chi connectivity index (χ3v) is 3.56. The zero-order valence-corrected chi connectivity index (χ0v) is 12.4. The molecule has 0 atom stereocenters. The van der Waals surface area contributed by atoms with Gasteiger partial charge in [0.2, 0.25) is 0 Å². The van der Waals surface area contributed by atoms with Gasteiger partial charge in [0.1, 0.15) is 6.61 Å². The Kier molecular flexibility index (Phi) is 5.35. The number of aliphatic carboxylic acids is 1. The molecule has 0 spiro atoms. The molecule has 1 aromatic carbocycles. The van der Waals surface area contributed by atoms with Crippen LogP contribution in [0.3, 0.4) is 0 Å². The molecule has 7 nitrogen and oxygen atoms in total. The van der Waals surface area contributed by atoms with Gasteiger partial charge in [-0.3, -0.25) is 10.1 Å². The lowest BCUT2D eigenvalue weighted by Gasteiger charge is -2.46. The van der Waals surface area contributed by atoms with E-state index in [9.17, 15) is 14.7 Å². The highest BCUT2D eigenvalue weighted by atomic mass is 16.6. The maximum atomic E-state index is 11.9. The van der Waals surface area contributed by atoms with Crippen LogP contribution in [-0.2, 0) is 20.9 Å². The number of nitrogens with one attached hydrogen (secondary N) is 1. The summed E-state index contributed by atoms with van der Waals surface area (Å²) < 4.78 is 10.1. The SMILES string of the molecule is COCCNC1(C(=O)O)CN(C(=O)OCc2ccccc2)C1. The number of carbonyl (C=O) groups excluding carboxylic acids is 1. The largest absolute Gasteiger partial charge is 0.480 e. The maximum absolute atomic E-state index is 11.9. The van der Waals surface area contributed by atoms with Crippen LogP contribution < -0.4 is 5.32 Å². The van der Waals surface area contributed by atoms with Crippen molar-refractivity contribution in [2.75, 3.05) is 33.4 Å². The molecule has 1 fully saturated rings. The van der Waals surface area contributed by atoms with Crippen molar-refractivity contribution < 1.29 is 24.2 Å². The molecule has 1 aromatic rings. The number of methoxy groups -OCH3 is 1. The van der Waals surface area contributed by atoms with E-state index in [4.69, 9.17) is 9.47 Å². The van der Waals surface area contributed by atoms with E-state index in [1.54, 1.807) is 7.11 Å². The van der Waals surface area contributed by atoms with Crippen molar-refractivity contribution in [1.82, 2.24) is 10.2 Å². The number of amides is 1. The predicted molar refractivity (Wildman–Crippen MR) is 78.4 cm³/mol. The van der Waals surface area contributed by atoms with Gasteiger partial charge in [-0.25, -0.2) is 4.79 Å². The average Bonchev–Trinajstić information content (AvgIpc) is 2.48. The van der Waals surface area contributed by atoms with Crippen LogP contribution in [-0.4, -0.2) is 61.0 Å². The van der Waals surface area contributed by atoms with E-state index >= 15 is 0 Å². The van der Waals surface area contributed by atoms with E-state index in [1.165, 1.54) is 4.90 Å². The Morgan fingerprint density at radius 1 is 1.32 bits per heavy atom. The van der Waals surface area contributed by atoms with E-state index in [-0.39, 0.29) is 19.7 Å². The second-order valence-electron chi connectivity index (χ2n) is 5.20. The monoisotopic (exact) mass is 308 g/mol. The van der Waals surface area contributed by atoms with Crippen LogP contribution >= 0.6 is 0 Å². The van der Waals surface area contributed by atoms with Crippen LogP contribution in [0.1, 0.15) is 5.56 Å². The number of likely N-dealkylation sites (tertiary alicyclic amines) is 1. The van der Waals surface area contributed by atoms with Gasteiger partial charge in [-0.15, -0.1) is 0 Å². The summed E-state index contributed by atoms with van der Waals surface area (Å²) in [5, 5.41) is 12.2. The molecule has 1 aliphatic rings. The van der Waals surface area contributed by atoms with Crippen molar-refractivity contribution in [3.05, 3.63) is 35.9 Å². The third kappa shape index (κ3) is 3.75. The highest BCUT2D eigenvalue weighted by molar-refractivity contribution is 5.84. The van der Waals surface area contributed by atoms with Crippen LogP contribution in [0, 0.1) is 0 Å². The van der Waals surface area contributed by atoms with Gasteiger partial charge < -0.3 is 19.5 Å². The minimum absolute atomic E-state index is 0.0830. The molecule has 1 heterocycles. The quantitative estimate of drug-likeness (QED) is 0.721. The van der Waals surface area contributed by atoms with Gasteiger partial charge in [0.05, 0.1) is 19.7 Å². The summed E-state index contributed by atoms with van der Waals surface area (Å²) >= 11 is 0.